The second-order valence-corrected chi connectivity index (χ2v) is 9.91. The van der Waals surface area contributed by atoms with Gasteiger partial charge in [0.25, 0.3) is 11.1 Å². The Labute approximate surface area is 235 Å². The lowest BCUT2D eigenvalue weighted by Gasteiger charge is -2.37. The van der Waals surface area contributed by atoms with E-state index in [1.807, 2.05) is 0 Å². The summed E-state index contributed by atoms with van der Waals surface area (Å²) in [5, 5.41) is 17.6. The number of aliphatic hydroxyl groups is 1. The predicted octanol–water partition coefficient (Wildman–Crippen LogP) is 2.57. The van der Waals surface area contributed by atoms with Crippen molar-refractivity contribution in [3.63, 3.8) is 0 Å². The smallest absolute Gasteiger partial charge is 0.423 e. The summed E-state index contributed by atoms with van der Waals surface area (Å²) in [7, 11) is 1.45. The Morgan fingerprint density at radius 1 is 1.21 bits per heavy atom. The first kappa shape index (κ1) is 28.9. The minimum absolute atomic E-state index is 0.0319. The molecule has 0 bridgehead atoms. The molecule has 5 rings (SSSR count). The number of anilines is 2. The number of benzene rings is 1. The number of aromatic nitrogens is 6. The molecule has 1 fully saturated rings. The van der Waals surface area contributed by atoms with Gasteiger partial charge in [-0.05, 0) is 31.9 Å². The molecule has 1 aliphatic heterocycles. The van der Waals surface area contributed by atoms with E-state index in [4.69, 9.17) is 4.74 Å². The van der Waals surface area contributed by atoms with Crippen molar-refractivity contribution >= 4 is 22.4 Å². The lowest BCUT2D eigenvalue weighted by atomic mass is 10.1. The number of β-amino-alcohol motifs (C(OH)–C–C–N with tert-alkyl or cyclic N) is 1. The molecule has 222 valence electrons. The number of nitrogens with one attached hydrogen (secondary N) is 2. The van der Waals surface area contributed by atoms with Gasteiger partial charge in [0.2, 0.25) is 0 Å². The van der Waals surface area contributed by atoms with Crippen molar-refractivity contribution in [2.24, 2.45) is 0 Å². The molecule has 0 aliphatic carbocycles. The zero-order valence-corrected chi connectivity index (χ0v) is 22.4. The highest BCUT2D eigenvalue weighted by atomic mass is 19.4. The fraction of sp³-hybridized carbons (Fsp3) is 0.385. The molecule has 3 aromatic heterocycles. The number of hydrogen-bond acceptors (Lipinski definition) is 10. The van der Waals surface area contributed by atoms with E-state index < -0.39 is 46.5 Å². The molecule has 1 atom stereocenters. The van der Waals surface area contributed by atoms with E-state index in [-0.39, 0.29) is 28.8 Å². The zero-order valence-electron chi connectivity index (χ0n) is 22.4. The molecule has 0 saturated carbocycles. The largest absolute Gasteiger partial charge is 0.491 e. The molecule has 1 aromatic carbocycles. The van der Waals surface area contributed by atoms with Crippen molar-refractivity contribution in [1.29, 1.82) is 0 Å². The highest BCUT2D eigenvalue weighted by Gasteiger charge is 2.37. The second-order valence-electron chi connectivity index (χ2n) is 9.91. The van der Waals surface area contributed by atoms with Crippen LogP contribution in [-0.2, 0) is 12.7 Å². The quantitative estimate of drug-likeness (QED) is 0.248. The lowest BCUT2D eigenvalue weighted by molar-refractivity contribution is -0.138. The molecule has 16 heteroatoms. The normalized spacial score (nSPS) is 14.6. The van der Waals surface area contributed by atoms with Gasteiger partial charge in [-0.25, -0.2) is 24.4 Å². The number of H-pyrrole nitrogens is 1. The molecular weight excluding hydrogens is 564 g/mol. The van der Waals surface area contributed by atoms with Gasteiger partial charge in [0.1, 0.15) is 11.4 Å². The van der Waals surface area contributed by atoms with Crippen LogP contribution in [0.5, 0.6) is 5.75 Å². The van der Waals surface area contributed by atoms with Crippen LogP contribution in [0.1, 0.15) is 25.3 Å². The number of fused-ring (bicyclic) bond motifs is 1. The number of nitrogens with zero attached hydrogens (tertiary/aromatic N) is 6. The number of hydrogen-bond donors (Lipinski definition) is 3. The van der Waals surface area contributed by atoms with E-state index in [0.29, 0.717) is 37.5 Å². The summed E-state index contributed by atoms with van der Waals surface area (Å²) in [6.45, 7) is 2.50. The van der Waals surface area contributed by atoms with Crippen LogP contribution in [0.3, 0.4) is 0 Å². The molecule has 3 N–H and O–H groups in total. The van der Waals surface area contributed by atoms with Crippen LogP contribution < -0.4 is 26.1 Å². The molecule has 1 aliphatic rings. The van der Waals surface area contributed by atoms with E-state index in [0.717, 1.165) is 12.3 Å². The van der Waals surface area contributed by atoms with Gasteiger partial charge in [-0.3, -0.25) is 14.2 Å². The van der Waals surface area contributed by atoms with Gasteiger partial charge >= 0.3 is 6.18 Å². The summed E-state index contributed by atoms with van der Waals surface area (Å²) in [6, 6.07) is 1.96. The fourth-order valence-corrected chi connectivity index (χ4v) is 4.69. The van der Waals surface area contributed by atoms with E-state index in [1.165, 1.54) is 30.3 Å². The molecule has 0 amide bonds. The van der Waals surface area contributed by atoms with E-state index >= 15 is 4.39 Å². The monoisotopic (exact) mass is 590 g/mol. The van der Waals surface area contributed by atoms with Gasteiger partial charge in [-0.2, -0.15) is 18.3 Å². The third kappa shape index (κ3) is 5.74. The summed E-state index contributed by atoms with van der Waals surface area (Å²) >= 11 is 0. The minimum Gasteiger partial charge on any atom is -0.491 e. The number of alkyl halides is 3. The molecule has 0 radical (unpaired) electrons. The molecule has 4 aromatic rings. The minimum atomic E-state index is -4.86. The van der Waals surface area contributed by atoms with Gasteiger partial charge in [0, 0.05) is 25.7 Å². The number of aryl methyl sites for hydroxylation is 1. The van der Waals surface area contributed by atoms with Crippen LogP contribution >= 0.6 is 0 Å². The Kier molecular flexibility index (Phi) is 7.81. The van der Waals surface area contributed by atoms with Gasteiger partial charge in [0.15, 0.2) is 17.4 Å². The van der Waals surface area contributed by atoms with Gasteiger partial charge in [-0.1, -0.05) is 0 Å². The number of ether oxygens (including phenoxy) is 1. The molecule has 0 unspecified atom stereocenters. The molecule has 4 heterocycles. The van der Waals surface area contributed by atoms with E-state index in [2.05, 4.69) is 25.4 Å². The number of methoxy groups -OCH3 is 1. The third-order valence-corrected chi connectivity index (χ3v) is 6.85. The summed E-state index contributed by atoms with van der Waals surface area (Å²) in [4.78, 5) is 39.4. The Morgan fingerprint density at radius 2 is 1.98 bits per heavy atom. The average molecular weight is 591 g/mol. The maximum atomic E-state index is 15.2. The summed E-state index contributed by atoms with van der Waals surface area (Å²) in [5.74, 6) is 0.101. The lowest BCUT2D eigenvalue weighted by Crippen LogP contribution is -2.51. The average Bonchev–Trinajstić information content (AvgIpc) is 2.91. The van der Waals surface area contributed by atoms with Crippen LogP contribution in [0.25, 0.3) is 22.3 Å². The highest BCUT2D eigenvalue weighted by molar-refractivity contribution is 5.82. The second kappa shape index (κ2) is 11.3. The molecular formula is C26H26F4N8O4. The Morgan fingerprint density at radius 3 is 2.67 bits per heavy atom. The van der Waals surface area contributed by atoms with Crippen LogP contribution in [0.4, 0.5) is 29.1 Å². The number of halogens is 4. The summed E-state index contributed by atoms with van der Waals surface area (Å²) < 4.78 is 61.7. The Balaban J connectivity index is 1.31. The van der Waals surface area contributed by atoms with Crippen LogP contribution in [0.2, 0.25) is 0 Å². The molecule has 1 saturated heterocycles. The molecule has 12 nitrogen and oxygen atoms in total. The van der Waals surface area contributed by atoms with Gasteiger partial charge in [0.05, 0.1) is 54.1 Å². The summed E-state index contributed by atoms with van der Waals surface area (Å²) in [6.07, 6.45) is -1.03. The first-order valence-electron chi connectivity index (χ1n) is 12.9. The number of rotatable bonds is 9. The predicted molar refractivity (Wildman–Crippen MR) is 144 cm³/mol. The highest BCUT2D eigenvalue weighted by Crippen LogP contribution is 2.33. The molecule has 0 spiro atoms. The third-order valence-electron chi connectivity index (χ3n) is 6.85. The van der Waals surface area contributed by atoms with Crippen molar-refractivity contribution < 1.29 is 27.4 Å². The Hall–Kier alpha value is -4.60. The fourth-order valence-electron chi connectivity index (χ4n) is 4.69. The van der Waals surface area contributed by atoms with E-state index in [1.54, 1.807) is 16.9 Å². The van der Waals surface area contributed by atoms with Crippen molar-refractivity contribution in [2.75, 3.05) is 30.4 Å². The van der Waals surface area contributed by atoms with Crippen LogP contribution in [0, 0.1) is 5.82 Å². The first-order chi connectivity index (χ1) is 20.0. The van der Waals surface area contributed by atoms with Crippen molar-refractivity contribution in [3.8, 4) is 17.1 Å². The van der Waals surface area contributed by atoms with Crippen LogP contribution in [-0.4, -0.2) is 67.2 Å². The number of aromatic amines is 1. The standard InChI is InChI=1S/C26H26F4N8O4/c1-13(34-19-8-33-36-24(40)21(19)26(28,29)30)4-3-5-37-12-32-18-7-15(17(27)6-16(18)25(37)41)22-31-9-20(42-2)23(35-22)38-10-14(39)11-38/h6-9,12-14,39H,3-5,10-11H2,1-2H3,(H2,34,36,40)/t13-/m0/s1. The van der Waals surface area contributed by atoms with Crippen molar-refractivity contribution in [3.05, 3.63) is 62.9 Å². The molecule has 42 heavy (non-hydrogen) atoms. The maximum absolute atomic E-state index is 15.2. The Bertz CT molecular complexity index is 1740. The number of aliphatic hydroxyl groups excluding tert-OH is 1. The maximum Gasteiger partial charge on any atom is 0.423 e. The van der Waals surface area contributed by atoms with Crippen LogP contribution in [0.15, 0.2) is 40.4 Å². The van der Waals surface area contributed by atoms with Gasteiger partial charge in [-0.15, -0.1) is 0 Å². The van der Waals surface area contributed by atoms with Gasteiger partial charge < -0.3 is 20.1 Å². The zero-order chi connectivity index (χ0) is 30.2. The summed E-state index contributed by atoms with van der Waals surface area (Å²) in [5.41, 5.74) is -3.38. The van der Waals surface area contributed by atoms with Crippen molar-refractivity contribution in [1.82, 2.24) is 29.7 Å². The topological polar surface area (TPSA) is 151 Å². The van der Waals surface area contributed by atoms with Crippen molar-refractivity contribution in [2.45, 2.75) is 44.6 Å². The van der Waals surface area contributed by atoms with E-state index in [9.17, 15) is 27.9 Å². The first-order valence-corrected chi connectivity index (χ1v) is 12.9. The SMILES string of the molecule is COc1cnc(-c2cc3ncn(CCC[C@H](C)Nc4cn[nH]c(=O)c4C(F)(F)F)c(=O)c3cc2F)nc1N1CC(O)C1.